The average Bonchev–Trinajstić information content (AvgIpc) is 2.14. The van der Waals surface area contributed by atoms with Crippen LogP contribution in [0.5, 0.6) is 5.75 Å². The topological polar surface area (TPSA) is 66.8 Å². The summed E-state index contributed by atoms with van der Waals surface area (Å²) in [5, 5.41) is 17.0. The van der Waals surface area contributed by atoms with Crippen LogP contribution >= 0.6 is 0 Å². The van der Waals surface area contributed by atoms with Crippen LogP contribution in [0, 0.1) is 5.82 Å². The molecular formula is C9H9FO4. The summed E-state index contributed by atoms with van der Waals surface area (Å²) in [5.41, 5.74) is -0.182. The first kappa shape index (κ1) is 10.5. The highest BCUT2D eigenvalue weighted by atomic mass is 19.1. The fourth-order valence-electron chi connectivity index (χ4n) is 0.933. The zero-order valence-electron chi connectivity index (χ0n) is 7.24. The lowest BCUT2D eigenvalue weighted by molar-refractivity contribution is 0.0695. The van der Waals surface area contributed by atoms with Crippen molar-refractivity contribution in [2.75, 3.05) is 13.2 Å². The zero-order valence-corrected chi connectivity index (χ0v) is 7.24. The van der Waals surface area contributed by atoms with Crippen LogP contribution in [0.1, 0.15) is 10.4 Å². The third-order valence-corrected chi connectivity index (χ3v) is 1.48. The zero-order chi connectivity index (χ0) is 10.6. The standard InChI is InChI=1S/C9H9FO4/c10-7-3-6(9(12)13)4-8(5-7)14-2-1-11/h3-5,11H,1-2H2,(H,12,13). The molecule has 5 heteroatoms. The largest absolute Gasteiger partial charge is 0.491 e. The molecule has 0 spiro atoms. The van der Waals surface area contributed by atoms with Gasteiger partial charge >= 0.3 is 5.97 Å². The Balaban J connectivity index is 2.89. The maximum absolute atomic E-state index is 12.8. The molecule has 0 heterocycles. The number of carboxylic acid groups (broad SMARTS) is 1. The van der Waals surface area contributed by atoms with Crippen molar-refractivity contribution >= 4 is 5.97 Å². The van der Waals surface area contributed by atoms with E-state index in [-0.39, 0.29) is 24.5 Å². The van der Waals surface area contributed by atoms with Gasteiger partial charge in [0, 0.05) is 6.07 Å². The Bertz CT molecular complexity index is 338. The Labute approximate surface area is 79.6 Å². The van der Waals surface area contributed by atoms with E-state index in [1.165, 1.54) is 6.07 Å². The normalized spacial score (nSPS) is 9.86. The Morgan fingerprint density at radius 1 is 1.43 bits per heavy atom. The molecule has 0 fully saturated rings. The van der Waals surface area contributed by atoms with Gasteiger partial charge < -0.3 is 14.9 Å². The Kier molecular flexibility index (Phi) is 3.41. The first-order valence-electron chi connectivity index (χ1n) is 3.91. The highest BCUT2D eigenvalue weighted by Gasteiger charge is 2.07. The molecule has 0 amide bonds. The molecule has 0 unspecified atom stereocenters. The molecule has 0 saturated heterocycles. The molecular weight excluding hydrogens is 191 g/mol. The van der Waals surface area contributed by atoms with Crippen LogP contribution in [-0.2, 0) is 0 Å². The lowest BCUT2D eigenvalue weighted by Gasteiger charge is -2.04. The minimum absolute atomic E-state index is 0.00249. The van der Waals surface area contributed by atoms with E-state index in [9.17, 15) is 9.18 Å². The number of aliphatic hydroxyl groups excluding tert-OH is 1. The molecule has 0 atom stereocenters. The Morgan fingerprint density at radius 2 is 2.14 bits per heavy atom. The molecule has 1 aromatic rings. The van der Waals surface area contributed by atoms with Crippen molar-refractivity contribution in [1.29, 1.82) is 0 Å². The summed E-state index contributed by atoms with van der Waals surface area (Å²) in [4.78, 5) is 10.5. The van der Waals surface area contributed by atoms with Gasteiger partial charge in [0.05, 0.1) is 12.2 Å². The SMILES string of the molecule is O=C(O)c1cc(F)cc(OCCO)c1. The summed E-state index contributed by atoms with van der Waals surface area (Å²) < 4.78 is 17.7. The van der Waals surface area contributed by atoms with Crippen molar-refractivity contribution in [3.05, 3.63) is 29.6 Å². The molecule has 0 aliphatic heterocycles. The van der Waals surface area contributed by atoms with Gasteiger partial charge in [-0.05, 0) is 12.1 Å². The van der Waals surface area contributed by atoms with Crippen molar-refractivity contribution in [2.45, 2.75) is 0 Å². The van der Waals surface area contributed by atoms with Crippen LogP contribution in [0.25, 0.3) is 0 Å². The molecule has 1 aromatic carbocycles. The number of ether oxygens (including phenoxy) is 1. The second-order valence-electron chi connectivity index (χ2n) is 2.55. The molecule has 4 nitrogen and oxygen atoms in total. The van der Waals surface area contributed by atoms with Gasteiger partial charge in [-0.25, -0.2) is 9.18 Å². The Hall–Kier alpha value is -1.62. The maximum atomic E-state index is 12.8. The van der Waals surface area contributed by atoms with Crippen LogP contribution in [0.3, 0.4) is 0 Å². The maximum Gasteiger partial charge on any atom is 0.335 e. The van der Waals surface area contributed by atoms with Gasteiger partial charge in [-0.2, -0.15) is 0 Å². The van der Waals surface area contributed by atoms with E-state index in [2.05, 4.69) is 0 Å². The van der Waals surface area contributed by atoms with Gasteiger partial charge in [0.25, 0.3) is 0 Å². The number of hydrogen-bond acceptors (Lipinski definition) is 3. The number of aromatic carboxylic acids is 1. The number of benzene rings is 1. The summed E-state index contributed by atoms with van der Waals surface area (Å²) in [6, 6.07) is 3.15. The molecule has 76 valence electrons. The van der Waals surface area contributed by atoms with Crippen molar-refractivity contribution < 1.29 is 24.1 Å². The van der Waals surface area contributed by atoms with Crippen molar-refractivity contribution in [3.63, 3.8) is 0 Å². The fourth-order valence-corrected chi connectivity index (χ4v) is 0.933. The van der Waals surface area contributed by atoms with E-state index in [0.29, 0.717) is 0 Å². The van der Waals surface area contributed by atoms with E-state index in [1.807, 2.05) is 0 Å². The van der Waals surface area contributed by atoms with E-state index in [0.717, 1.165) is 12.1 Å². The number of hydrogen-bond donors (Lipinski definition) is 2. The fraction of sp³-hybridized carbons (Fsp3) is 0.222. The van der Waals surface area contributed by atoms with Crippen molar-refractivity contribution in [2.24, 2.45) is 0 Å². The lowest BCUT2D eigenvalue weighted by atomic mass is 10.2. The van der Waals surface area contributed by atoms with Crippen LogP contribution in [-0.4, -0.2) is 29.4 Å². The summed E-state index contributed by atoms with van der Waals surface area (Å²) in [5.74, 6) is -1.81. The van der Waals surface area contributed by atoms with Gasteiger partial charge in [-0.15, -0.1) is 0 Å². The number of aliphatic hydroxyl groups is 1. The molecule has 14 heavy (non-hydrogen) atoms. The molecule has 0 aliphatic carbocycles. The molecule has 0 saturated carbocycles. The number of rotatable bonds is 4. The molecule has 0 radical (unpaired) electrons. The molecule has 0 bridgehead atoms. The quantitative estimate of drug-likeness (QED) is 0.757. The van der Waals surface area contributed by atoms with Gasteiger partial charge in [0.1, 0.15) is 18.2 Å². The van der Waals surface area contributed by atoms with E-state index in [1.54, 1.807) is 0 Å². The highest BCUT2D eigenvalue weighted by molar-refractivity contribution is 5.88. The summed E-state index contributed by atoms with van der Waals surface area (Å²) in [6.07, 6.45) is 0. The predicted molar refractivity (Wildman–Crippen MR) is 45.9 cm³/mol. The number of carboxylic acids is 1. The number of halogens is 1. The van der Waals surface area contributed by atoms with Crippen LogP contribution in [0.15, 0.2) is 18.2 Å². The van der Waals surface area contributed by atoms with Crippen LogP contribution in [0.4, 0.5) is 4.39 Å². The minimum atomic E-state index is -1.22. The van der Waals surface area contributed by atoms with E-state index >= 15 is 0 Å². The van der Waals surface area contributed by atoms with Crippen molar-refractivity contribution in [3.8, 4) is 5.75 Å². The van der Waals surface area contributed by atoms with Crippen LogP contribution in [0.2, 0.25) is 0 Å². The van der Waals surface area contributed by atoms with Gasteiger partial charge in [0.2, 0.25) is 0 Å². The van der Waals surface area contributed by atoms with Gasteiger partial charge in [0.15, 0.2) is 0 Å². The average molecular weight is 200 g/mol. The van der Waals surface area contributed by atoms with Gasteiger partial charge in [-0.1, -0.05) is 0 Å². The third kappa shape index (κ3) is 2.70. The monoisotopic (exact) mass is 200 g/mol. The van der Waals surface area contributed by atoms with Crippen molar-refractivity contribution in [1.82, 2.24) is 0 Å². The first-order chi connectivity index (χ1) is 6.63. The predicted octanol–water partition coefficient (Wildman–Crippen LogP) is 0.895. The second-order valence-corrected chi connectivity index (χ2v) is 2.55. The molecule has 2 N–H and O–H groups in total. The summed E-state index contributed by atoms with van der Waals surface area (Å²) in [6.45, 7) is -0.207. The summed E-state index contributed by atoms with van der Waals surface area (Å²) in [7, 11) is 0. The molecule has 1 rings (SSSR count). The molecule has 0 aliphatic rings. The third-order valence-electron chi connectivity index (χ3n) is 1.48. The first-order valence-corrected chi connectivity index (χ1v) is 3.91. The minimum Gasteiger partial charge on any atom is -0.491 e. The lowest BCUT2D eigenvalue weighted by Crippen LogP contribution is -2.04. The highest BCUT2D eigenvalue weighted by Crippen LogP contribution is 2.16. The van der Waals surface area contributed by atoms with E-state index in [4.69, 9.17) is 14.9 Å². The van der Waals surface area contributed by atoms with Gasteiger partial charge in [-0.3, -0.25) is 0 Å². The molecule has 0 aromatic heterocycles. The Morgan fingerprint density at radius 3 is 2.71 bits per heavy atom. The smallest absolute Gasteiger partial charge is 0.335 e. The van der Waals surface area contributed by atoms with E-state index < -0.39 is 11.8 Å². The second kappa shape index (κ2) is 4.57. The number of carbonyl (C=O) groups is 1. The van der Waals surface area contributed by atoms with Crippen LogP contribution < -0.4 is 4.74 Å². The summed E-state index contributed by atoms with van der Waals surface area (Å²) >= 11 is 0.